The number of aldehydes is 1. The lowest BCUT2D eigenvalue weighted by Crippen LogP contribution is -2.23. The van der Waals surface area contributed by atoms with Gasteiger partial charge in [-0.1, -0.05) is 0 Å². The number of imidazole rings is 1. The zero-order valence-corrected chi connectivity index (χ0v) is 13.0. The molecule has 0 aliphatic carbocycles. The van der Waals surface area contributed by atoms with E-state index >= 15 is 0 Å². The van der Waals surface area contributed by atoms with Crippen molar-refractivity contribution in [2.45, 2.75) is 18.8 Å². The van der Waals surface area contributed by atoms with Crippen molar-refractivity contribution in [3.8, 4) is 0 Å². The maximum Gasteiger partial charge on any atom is 0.469 e. The smallest absolute Gasteiger partial charge is 0.369 e. The molecule has 3 heterocycles. The molecular weight excluding hydrogens is 345 g/mol. The molecule has 130 valence electrons. The molecule has 24 heavy (non-hydrogen) atoms. The van der Waals surface area contributed by atoms with E-state index in [1.807, 2.05) is 0 Å². The van der Waals surface area contributed by atoms with Crippen LogP contribution in [-0.2, 0) is 18.6 Å². The Bertz CT molecular complexity index is 873. The number of hydrogen-bond acceptors (Lipinski definition) is 8. The molecule has 0 saturated carbocycles. The van der Waals surface area contributed by atoms with Gasteiger partial charge >= 0.3 is 7.82 Å². The first-order valence-electron chi connectivity index (χ1n) is 6.81. The highest BCUT2D eigenvalue weighted by molar-refractivity contribution is 7.46. The summed E-state index contributed by atoms with van der Waals surface area (Å²) in [4.78, 5) is 50.7. The number of phosphoric ester groups is 1. The Balaban J connectivity index is 1.87. The van der Waals surface area contributed by atoms with E-state index in [2.05, 4.69) is 19.5 Å². The number of nitrogens with one attached hydrogen (secondary N) is 1. The van der Waals surface area contributed by atoms with E-state index in [9.17, 15) is 14.2 Å². The second kappa shape index (κ2) is 6.07. The predicted molar refractivity (Wildman–Crippen MR) is 78.6 cm³/mol. The molecule has 0 radical (unpaired) electrons. The van der Waals surface area contributed by atoms with Crippen LogP contribution in [0.5, 0.6) is 0 Å². The van der Waals surface area contributed by atoms with Gasteiger partial charge in [0.2, 0.25) is 5.95 Å². The predicted octanol–water partition coefficient (Wildman–Crippen LogP) is -1.09. The van der Waals surface area contributed by atoms with Gasteiger partial charge in [-0.05, 0) is 0 Å². The Hall–Kier alpha value is -2.11. The quantitative estimate of drug-likeness (QED) is 0.378. The summed E-state index contributed by atoms with van der Waals surface area (Å²) in [6.45, 7) is -0.451. The highest BCUT2D eigenvalue weighted by atomic mass is 31.2. The first kappa shape index (κ1) is 16.7. The van der Waals surface area contributed by atoms with Gasteiger partial charge in [-0.2, -0.15) is 4.98 Å². The van der Waals surface area contributed by atoms with Crippen molar-refractivity contribution in [3.63, 3.8) is 0 Å². The van der Waals surface area contributed by atoms with E-state index in [-0.39, 0.29) is 23.5 Å². The van der Waals surface area contributed by atoms with Crippen LogP contribution in [0.2, 0.25) is 0 Å². The van der Waals surface area contributed by atoms with Crippen molar-refractivity contribution in [2.24, 2.45) is 5.92 Å². The molecule has 1 aliphatic heterocycles. The fourth-order valence-corrected chi connectivity index (χ4v) is 2.89. The maximum absolute atomic E-state index is 11.8. The van der Waals surface area contributed by atoms with Gasteiger partial charge in [0, 0.05) is 12.3 Å². The Morgan fingerprint density at radius 3 is 3.00 bits per heavy atom. The average Bonchev–Trinajstić information content (AvgIpc) is 3.07. The number of nitrogen functional groups attached to an aromatic ring is 1. The maximum atomic E-state index is 11.8. The molecule has 12 nitrogen and oxygen atoms in total. The number of nitrogens with zero attached hydrogens (tertiary/aromatic N) is 3. The van der Waals surface area contributed by atoms with Crippen LogP contribution in [0, 0.1) is 5.92 Å². The van der Waals surface area contributed by atoms with Crippen LogP contribution >= 0.6 is 7.82 Å². The molecule has 3 rings (SSSR count). The number of phosphoric acid groups is 1. The molecule has 1 saturated heterocycles. The third-order valence-corrected chi connectivity index (χ3v) is 4.11. The van der Waals surface area contributed by atoms with Gasteiger partial charge in [-0.15, -0.1) is 0 Å². The van der Waals surface area contributed by atoms with Crippen molar-refractivity contribution in [1.29, 1.82) is 0 Å². The van der Waals surface area contributed by atoms with E-state index in [1.54, 1.807) is 0 Å². The fraction of sp³-hybridized carbons (Fsp3) is 0.455. The first-order valence-corrected chi connectivity index (χ1v) is 8.34. The standard InChI is InChI=1S/C11H14N5O7P/c12-11-14-9-8(10(18)15-11)13-4-16(9)7-1-5(2-17)6(23-7)3-22-24(19,20)21/h2,4-7H,1,3H2,(H2,19,20,21)(H3,12,14,15,18)/t5?,6-,7-/m1/s1. The van der Waals surface area contributed by atoms with Crippen molar-refractivity contribution >= 4 is 31.2 Å². The molecule has 2 aromatic rings. The summed E-state index contributed by atoms with van der Waals surface area (Å²) >= 11 is 0. The highest BCUT2D eigenvalue weighted by Gasteiger charge is 2.38. The largest absolute Gasteiger partial charge is 0.469 e. The van der Waals surface area contributed by atoms with Crippen molar-refractivity contribution in [3.05, 3.63) is 16.7 Å². The molecule has 13 heteroatoms. The second-order valence-corrected chi connectivity index (χ2v) is 6.47. The van der Waals surface area contributed by atoms with Gasteiger partial charge in [-0.3, -0.25) is 18.9 Å². The number of H-pyrrole nitrogens is 1. The molecule has 0 spiro atoms. The lowest BCUT2D eigenvalue weighted by atomic mass is 10.0. The minimum Gasteiger partial charge on any atom is -0.369 e. The number of hydrogen-bond donors (Lipinski definition) is 4. The third-order valence-electron chi connectivity index (χ3n) is 3.63. The molecular formula is C11H14N5O7P. The first-order chi connectivity index (χ1) is 11.3. The molecule has 1 unspecified atom stereocenters. The van der Waals surface area contributed by atoms with E-state index in [4.69, 9.17) is 20.3 Å². The van der Waals surface area contributed by atoms with Crippen LogP contribution in [0.1, 0.15) is 12.6 Å². The topological polar surface area (TPSA) is 183 Å². The van der Waals surface area contributed by atoms with Crippen molar-refractivity contribution in [1.82, 2.24) is 19.5 Å². The summed E-state index contributed by atoms with van der Waals surface area (Å²) < 4.78 is 22.3. The van der Waals surface area contributed by atoms with E-state index in [0.29, 0.717) is 6.29 Å². The molecule has 1 aliphatic rings. The lowest BCUT2D eigenvalue weighted by Gasteiger charge is -2.16. The van der Waals surface area contributed by atoms with Gasteiger partial charge < -0.3 is 25.1 Å². The van der Waals surface area contributed by atoms with Crippen LogP contribution in [-0.4, -0.2) is 48.3 Å². The zero-order valence-electron chi connectivity index (χ0n) is 12.1. The van der Waals surface area contributed by atoms with Crippen LogP contribution < -0.4 is 11.3 Å². The van der Waals surface area contributed by atoms with Crippen LogP contribution in [0.4, 0.5) is 5.95 Å². The van der Waals surface area contributed by atoms with E-state index < -0.39 is 38.2 Å². The lowest BCUT2D eigenvalue weighted by molar-refractivity contribution is -0.113. The number of rotatable bonds is 5. The summed E-state index contributed by atoms with van der Waals surface area (Å²) in [5.74, 6) is -0.737. The minimum atomic E-state index is -4.68. The molecule has 3 atom stereocenters. The number of ether oxygens (including phenoxy) is 1. The normalized spacial score (nSPS) is 24.5. The summed E-state index contributed by atoms with van der Waals surface area (Å²) in [5, 5.41) is 0. The number of carbonyl (C=O) groups is 1. The fourth-order valence-electron chi connectivity index (χ4n) is 2.55. The third kappa shape index (κ3) is 3.23. The van der Waals surface area contributed by atoms with E-state index in [0.717, 1.165) is 0 Å². The van der Waals surface area contributed by atoms with Crippen LogP contribution in [0.3, 0.4) is 0 Å². The summed E-state index contributed by atoms with van der Waals surface area (Å²) in [6.07, 6.45) is 0.603. The summed E-state index contributed by atoms with van der Waals surface area (Å²) in [7, 11) is -4.68. The summed E-state index contributed by atoms with van der Waals surface area (Å²) in [6, 6.07) is 0. The summed E-state index contributed by atoms with van der Waals surface area (Å²) in [5.41, 5.74) is 5.25. The Labute approximate surface area is 133 Å². The monoisotopic (exact) mass is 359 g/mol. The van der Waals surface area contributed by atoms with Crippen molar-refractivity contribution in [2.75, 3.05) is 12.3 Å². The van der Waals surface area contributed by atoms with Gasteiger partial charge in [0.25, 0.3) is 5.56 Å². The number of fused-ring (bicyclic) bond motifs is 1. The number of aromatic nitrogens is 4. The molecule has 5 N–H and O–H groups in total. The van der Waals surface area contributed by atoms with Crippen LogP contribution in [0.15, 0.2) is 11.1 Å². The van der Waals surface area contributed by atoms with Gasteiger partial charge in [-0.25, -0.2) is 9.55 Å². The zero-order chi connectivity index (χ0) is 17.5. The van der Waals surface area contributed by atoms with Crippen molar-refractivity contribution < 1.29 is 28.4 Å². The highest BCUT2D eigenvalue weighted by Crippen LogP contribution is 2.39. The molecule has 0 amide bonds. The Morgan fingerprint density at radius 2 is 2.33 bits per heavy atom. The number of anilines is 1. The molecule has 0 bridgehead atoms. The SMILES string of the molecule is Nc1nc2c(ncn2[C@H]2CC(C=O)[C@@H](COP(=O)(O)O)O2)c(=O)[nH]1. The van der Waals surface area contributed by atoms with Gasteiger partial charge in [0.1, 0.15) is 12.5 Å². The number of nitrogens with two attached hydrogens (primary N) is 1. The minimum absolute atomic E-state index is 0.0605. The molecule has 0 aromatic carbocycles. The Morgan fingerprint density at radius 1 is 1.58 bits per heavy atom. The van der Waals surface area contributed by atoms with Gasteiger partial charge in [0.15, 0.2) is 11.2 Å². The number of aromatic amines is 1. The average molecular weight is 359 g/mol. The second-order valence-electron chi connectivity index (χ2n) is 5.23. The molecule has 1 fully saturated rings. The molecule has 2 aromatic heterocycles. The Kier molecular flexibility index (Phi) is 4.24. The van der Waals surface area contributed by atoms with E-state index in [1.165, 1.54) is 10.9 Å². The van der Waals surface area contributed by atoms with Gasteiger partial charge in [0.05, 0.1) is 19.0 Å². The number of carbonyl (C=O) groups excluding carboxylic acids is 1. The van der Waals surface area contributed by atoms with Crippen LogP contribution in [0.25, 0.3) is 11.2 Å².